The average Bonchev–Trinajstić information content (AvgIpc) is 3.74. The molecule has 9 heteroatoms. The second kappa shape index (κ2) is 14.1. The fourth-order valence-corrected chi connectivity index (χ4v) is 8.88. The van der Waals surface area contributed by atoms with Gasteiger partial charge in [-0.05, 0) is 99.8 Å². The van der Waals surface area contributed by atoms with E-state index in [-0.39, 0.29) is 33.6 Å². The molecule has 62 heavy (non-hydrogen) atoms. The van der Waals surface area contributed by atoms with Gasteiger partial charge in [0.2, 0.25) is 0 Å². The van der Waals surface area contributed by atoms with Crippen molar-refractivity contribution in [3.63, 3.8) is 0 Å². The predicted molar refractivity (Wildman–Crippen MR) is 238 cm³/mol. The SMILES string of the molecule is CC(C)(C)c1ccc2c(c1)c1ccccc1n2-c1cccc(C#N)c1-c1c(-c2ccc(C(F)(F)F)cc2C(F)(F)F)cccc1-n1c2ccccc2c2cc(C(C)(C)C)ccc21. The first kappa shape index (κ1) is 40.6. The van der Waals surface area contributed by atoms with E-state index in [0.29, 0.717) is 23.0 Å². The zero-order valence-corrected chi connectivity index (χ0v) is 34.9. The molecule has 3 nitrogen and oxygen atoms in total. The highest BCUT2D eigenvalue weighted by Gasteiger charge is 2.39. The maximum Gasteiger partial charge on any atom is 0.417 e. The third kappa shape index (κ3) is 6.60. The molecular formula is C53H41F6N3. The second-order valence-corrected chi connectivity index (χ2v) is 17.9. The summed E-state index contributed by atoms with van der Waals surface area (Å²) in [6.07, 6.45) is -10.2. The van der Waals surface area contributed by atoms with Crippen LogP contribution in [0.4, 0.5) is 26.3 Å². The number of halogens is 6. The largest absolute Gasteiger partial charge is 0.417 e. The van der Waals surface area contributed by atoms with E-state index in [9.17, 15) is 18.4 Å². The summed E-state index contributed by atoms with van der Waals surface area (Å²) in [5.41, 5.74) is 3.39. The summed E-state index contributed by atoms with van der Waals surface area (Å²) in [5, 5.41) is 14.7. The molecule has 0 saturated heterocycles. The van der Waals surface area contributed by atoms with Gasteiger partial charge in [0.25, 0.3) is 0 Å². The van der Waals surface area contributed by atoms with E-state index >= 15 is 13.2 Å². The lowest BCUT2D eigenvalue weighted by Crippen LogP contribution is -2.13. The Balaban J connectivity index is 1.48. The molecule has 2 heterocycles. The van der Waals surface area contributed by atoms with Gasteiger partial charge in [0.1, 0.15) is 0 Å². The lowest BCUT2D eigenvalue weighted by molar-refractivity contribution is -0.142. The van der Waals surface area contributed by atoms with Crippen LogP contribution in [-0.2, 0) is 23.2 Å². The van der Waals surface area contributed by atoms with Crippen molar-refractivity contribution in [1.82, 2.24) is 9.13 Å². The van der Waals surface area contributed by atoms with Gasteiger partial charge in [-0.2, -0.15) is 31.6 Å². The number of hydrogen-bond acceptors (Lipinski definition) is 1. The Bertz CT molecular complexity index is 3300. The number of benzene rings is 7. The molecule has 0 aliphatic rings. The summed E-state index contributed by atoms with van der Waals surface area (Å²) >= 11 is 0. The van der Waals surface area contributed by atoms with E-state index in [1.165, 1.54) is 6.07 Å². The minimum Gasteiger partial charge on any atom is -0.309 e. The van der Waals surface area contributed by atoms with Crippen LogP contribution in [0, 0.1) is 11.3 Å². The summed E-state index contributed by atoms with van der Waals surface area (Å²) in [5.74, 6) is 0. The van der Waals surface area contributed by atoms with Crippen LogP contribution < -0.4 is 0 Å². The van der Waals surface area contributed by atoms with E-state index in [1.54, 1.807) is 24.3 Å². The first-order chi connectivity index (χ1) is 29.3. The molecule has 0 aliphatic heterocycles. The third-order valence-electron chi connectivity index (χ3n) is 12.0. The van der Waals surface area contributed by atoms with Crippen molar-refractivity contribution < 1.29 is 26.3 Å². The second-order valence-electron chi connectivity index (χ2n) is 17.9. The summed E-state index contributed by atoms with van der Waals surface area (Å²) in [6.45, 7) is 12.8. The van der Waals surface area contributed by atoms with Gasteiger partial charge >= 0.3 is 12.4 Å². The van der Waals surface area contributed by atoms with Crippen LogP contribution in [0.25, 0.3) is 77.2 Å². The smallest absolute Gasteiger partial charge is 0.309 e. The van der Waals surface area contributed by atoms with Gasteiger partial charge in [-0.25, -0.2) is 0 Å². The Kier molecular flexibility index (Phi) is 9.26. The predicted octanol–water partition coefficient (Wildman–Crippen LogP) is 15.7. The van der Waals surface area contributed by atoms with Crippen LogP contribution in [-0.4, -0.2) is 9.13 Å². The Morgan fingerprint density at radius 2 is 0.887 bits per heavy atom. The number of hydrogen-bond donors (Lipinski definition) is 0. The van der Waals surface area contributed by atoms with Crippen molar-refractivity contribution in [3.05, 3.63) is 167 Å². The van der Waals surface area contributed by atoms with Gasteiger partial charge in [-0.15, -0.1) is 0 Å². The van der Waals surface area contributed by atoms with Gasteiger partial charge in [0.05, 0.1) is 56.2 Å². The van der Waals surface area contributed by atoms with Crippen molar-refractivity contribution in [3.8, 4) is 39.7 Å². The molecule has 0 aliphatic carbocycles. The minimum atomic E-state index is -5.17. The van der Waals surface area contributed by atoms with Gasteiger partial charge in [-0.3, -0.25) is 0 Å². The molecule has 0 unspecified atom stereocenters. The maximum atomic E-state index is 15.2. The number of rotatable bonds is 4. The standard InChI is InChI=1S/C53H41F6N3/c1-50(2,3)32-22-25-44-39(27-32)36-14-7-9-17-42(36)61(44)46-19-11-13-31(30-60)48(46)49-38(35-24-21-34(52(54,55)56)29-41(35)53(57,58)59)16-12-20-47(49)62-43-18-10-8-15-37(43)40-28-33(51(4,5)6)23-26-45(40)62/h7-29H,1-6H3. The number of aromatic nitrogens is 2. The number of fused-ring (bicyclic) bond motifs is 6. The van der Waals surface area contributed by atoms with E-state index in [2.05, 4.69) is 65.8 Å². The Morgan fingerprint density at radius 1 is 0.419 bits per heavy atom. The summed E-state index contributed by atoms with van der Waals surface area (Å²) < 4.78 is 92.1. The quantitative estimate of drug-likeness (QED) is 0.163. The zero-order chi connectivity index (χ0) is 44.1. The lowest BCUT2D eigenvalue weighted by Gasteiger charge is -2.24. The minimum absolute atomic E-state index is 0.0144. The zero-order valence-electron chi connectivity index (χ0n) is 34.9. The average molecular weight is 834 g/mol. The summed E-state index contributed by atoms with van der Waals surface area (Å²) in [7, 11) is 0. The van der Waals surface area contributed by atoms with Gasteiger partial charge in [0, 0.05) is 32.7 Å². The molecule has 9 rings (SSSR count). The van der Waals surface area contributed by atoms with Gasteiger partial charge < -0.3 is 9.13 Å². The molecule has 0 spiro atoms. The van der Waals surface area contributed by atoms with Crippen LogP contribution in [0.15, 0.2) is 140 Å². The molecule has 0 bridgehead atoms. The number of nitriles is 1. The Hall–Kier alpha value is -6.79. The Labute approximate surface area is 355 Å². The molecule has 310 valence electrons. The number of alkyl halides is 6. The Morgan fingerprint density at radius 3 is 1.37 bits per heavy atom. The van der Waals surface area contributed by atoms with Crippen LogP contribution >= 0.6 is 0 Å². The highest BCUT2D eigenvalue weighted by Crippen LogP contribution is 2.49. The first-order valence-corrected chi connectivity index (χ1v) is 20.3. The number of nitrogens with zero attached hydrogens (tertiary/aromatic N) is 3. The molecule has 0 fully saturated rings. The lowest BCUT2D eigenvalue weighted by atomic mass is 9.86. The van der Waals surface area contributed by atoms with Crippen LogP contribution in [0.3, 0.4) is 0 Å². The first-order valence-electron chi connectivity index (χ1n) is 20.3. The van der Waals surface area contributed by atoms with Crippen LogP contribution in [0.5, 0.6) is 0 Å². The highest BCUT2D eigenvalue weighted by atomic mass is 19.4. The summed E-state index contributed by atoms with van der Waals surface area (Å²) in [4.78, 5) is 0. The van der Waals surface area contributed by atoms with Gasteiger partial charge in [-0.1, -0.05) is 114 Å². The van der Waals surface area contributed by atoms with Crippen molar-refractivity contribution in [1.29, 1.82) is 5.26 Å². The molecule has 9 aromatic rings. The fraction of sp³-hybridized carbons (Fsp3) is 0.189. The molecular weight excluding hydrogens is 793 g/mol. The molecule has 0 N–H and O–H groups in total. The molecule has 0 amide bonds. The monoisotopic (exact) mass is 833 g/mol. The highest BCUT2D eigenvalue weighted by molar-refractivity contribution is 6.12. The molecule has 0 radical (unpaired) electrons. The van der Waals surface area contributed by atoms with Crippen LogP contribution in [0.2, 0.25) is 0 Å². The molecule has 0 saturated carbocycles. The van der Waals surface area contributed by atoms with Gasteiger partial charge in [0.15, 0.2) is 0 Å². The van der Waals surface area contributed by atoms with E-state index in [4.69, 9.17) is 0 Å². The molecule has 2 aromatic heterocycles. The van der Waals surface area contributed by atoms with Crippen molar-refractivity contribution >= 4 is 43.6 Å². The molecule has 0 atom stereocenters. The summed E-state index contributed by atoms with van der Waals surface area (Å²) in [6, 6.07) is 42.3. The maximum absolute atomic E-state index is 15.2. The third-order valence-corrected chi connectivity index (χ3v) is 12.0. The van der Waals surface area contributed by atoms with Crippen molar-refractivity contribution in [2.24, 2.45) is 0 Å². The van der Waals surface area contributed by atoms with Crippen LogP contribution in [0.1, 0.15) is 69.4 Å². The van der Waals surface area contributed by atoms with E-state index in [0.717, 1.165) is 60.8 Å². The van der Waals surface area contributed by atoms with Crippen molar-refractivity contribution in [2.75, 3.05) is 0 Å². The van der Waals surface area contributed by atoms with E-state index < -0.39 is 29.0 Å². The normalized spacial score (nSPS) is 12.8. The molecule has 7 aromatic carbocycles. The van der Waals surface area contributed by atoms with E-state index in [1.807, 2.05) is 81.9 Å². The topological polar surface area (TPSA) is 33.6 Å². The van der Waals surface area contributed by atoms with Crippen molar-refractivity contribution in [2.45, 2.75) is 64.7 Å². The fourth-order valence-electron chi connectivity index (χ4n) is 8.88. The number of para-hydroxylation sites is 2.